The molecule has 0 radical (unpaired) electrons. The standard InChI is InChI=1S/C24H22ClN3O2/c1-15(2)28(3)23-18-14-16(26-24(29)17-8-4-5-9-19(17)25)12-13-21(18)30-22-11-7-6-10-20(22)27-23/h4-15H,1-3H3,(H,26,29). The van der Waals surface area contributed by atoms with Gasteiger partial charge in [-0.25, -0.2) is 4.99 Å². The van der Waals surface area contributed by atoms with E-state index in [0.29, 0.717) is 27.8 Å². The molecule has 3 aromatic rings. The summed E-state index contributed by atoms with van der Waals surface area (Å²) >= 11 is 6.17. The number of para-hydroxylation sites is 2. The first-order chi connectivity index (χ1) is 14.4. The number of ether oxygens (including phenoxy) is 1. The number of amides is 1. The van der Waals surface area contributed by atoms with Crippen LogP contribution in [0.4, 0.5) is 11.4 Å². The normalized spacial score (nSPS) is 12.2. The lowest BCUT2D eigenvalue weighted by Crippen LogP contribution is -2.33. The molecule has 0 aliphatic carbocycles. The second-order valence-corrected chi connectivity index (χ2v) is 7.76. The van der Waals surface area contributed by atoms with Gasteiger partial charge in [0, 0.05) is 18.8 Å². The van der Waals surface area contributed by atoms with Crippen molar-refractivity contribution in [3.63, 3.8) is 0 Å². The Morgan fingerprint density at radius 3 is 2.53 bits per heavy atom. The number of nitrogens with one attached hydrogen (secondary N) is 1. The lowest BCUT2D eigenvalue weighted by molar-refractivity contribution is 0.102. The Kier molecular flexibility index (Phi) is 5.46. The van der Waals surface area contributed by atoms with Crippen LogP contribution in [-0.2, 0) is 0 Å². The fraction of sp³-hybridized carbons (Fsp3) is 0.167. The van der Waals surface area contributed by atoms with E-state index in [2.05, 4.69) is 24.1 Å². The van der Waals surface area contributed by atoms with Crippen molar-refractivity contribution in [2.75, 3.05) is 12.4 Å². The average Bonchev–Trinajstić information content (AvgIpc) is 2.90. The second-order valence-electron chi connectivity index (χ2n) is 7.35. The second kappa shape index (κ2) is 8.20. The fourth-order valence-electron chi connectivity index (χ4n) is 3.16. The monoisotopic (exact) mass is 419 g/mol. The number of amidine groups is 1. The predicted molar refractivity (Wildman–Crippen MR) is 121 cm³/mol. The van der Waals surface area contributed by atoms with E-state index in [1.807, 2.05) is 49.5 Å². The van der Waals surface area contributed by atoms with Crippen LogP contribution >= 0.6 is 11.6 Å². The van der Waals surface area contributed by atoms with Crippen LogP contribution in [-0.4, -0.2) is 29.7 Å². The molecule has 1 heterocycles. The molecule has 0 fully saturated rings. The minimum atomic E-state index is -0.269. The average molecular weight is 420 g/mol. The lowest BCUT2D eigenvalue weighted by atomic mass is 10.1. The highest BCUT2D eigenvalue weighted by Crippen LogP contribution is 2.39. The van der Waals surface area contributed by atoms with Crippen molar-refractivity contribution in [3.8, 4) is 11.5 Å². The number of nitrogens with zero attached hydrogens (tertiary/aromatic N) is 2. The van der Waals surface area contributed by atoms with Crippen molar-refractivity contribution < 1.29 is 9.53 Å². The van der Waals surface area contributed by atoms with E-state index in [1.165, 1.54) is 0 Å². The van der Waals surface area contributed by atoms with E-state index in [9.17, 15) is 4.79 Å². The third-order valence-corrected chi connectivity index (χ3v) is 5.35. The molecule has 0 bridgehead atoms. The van der Waals surface area contributed by atoms with E-state index in [4.69, 9.17) is 21.3 Å². The van der Waals surface area contributed by atoms with E-state index in [-0.39, 0.29) is 11.9 Å². The molecule has 1 aliphatic heterocycles. The summed E-state index contributed by atoms with van der Waals surface area (Å²) in [6.07, 6.45) is 0. The minimum absolute atomic E-state index is 0.225. The highest BCUT2D eigenvalue weighted by atomic mass is 35.5. The first-order valence-electron chi connectivity index (χ1n) is 9.73. The summed E-state index contributed by atoms with van der Waals surface area (Å²) in [4.78, 5) is 19.7. The van der Waals surface area contributed by atoms with Gasteiger partial charge in [0.25, 0.3) is 5.91 Å². The maximum absolute atomic E-state index is 12.7. The Bertz CT molecular complexity index is 1140. The smallest absolute Gasteiger partial charge is 0.257 e. The molecule has 1 aliphatic rings. The van der Waals surface area contributed by atoms with Crippen molar-refractivity contribution in [1.29, 1.82) is 0 Å². The highest BCUT2D eigenvalue weighted by molar-refractivity contribution is 6.34. The molecule has 1 amide bonds. The zero-order chi connectivity index (χ0) is 21.3. The predicted octanol–water partition coefficient (Wildman–Crippen LogP) is 6.12. The van der Waals surface area contributed by atoms with Crippen LogP contribution in [0.5, 0.6) is 11.5 Å². The third-order valence-electron chi connectivity index (χ3n) is 5.02. The van der Waals surface area contributed by atoms with Gasteiger partial charge in [0.2, 0.25) is 0 Å². The SMILES string of the molecule is CC(C)N(C)C1=Nc2ccccc2Oc2ccc(NC(=O)c3ccccc3Cl)cc21. The number of fused-ring (bicyclic) bond motifs is 2. The van der Waals surface area contributed by atoms with Crippen molar-refractivity contribution in [2.24, 2.45) is 4.99 Å². The number of carbonyl (C=O) groups excluding carboxylic acids is 1. The quantitative estimate of drug-likeness (QED) is 0.556. The van der Waals surface area contributed by atoms with E-state index >= 15 is 0 Å². The minimum Gasteiger partial charge on any atom is -0.454 e. The number of hydrogen-bond acceptors (Lipinski definition) is 4. The summed E-state index contributed by atoms with van der Waals surface area (Å²) in [7, 11) is 2.00. The van der Waals surface area contributed by atoms with Gasteiger partial charge in [-0.1, -0.05) is 35.9 Å². The summed E-state index contributed by atoms with van der Waals surface area (Å²) in [5.41, 5.74) is 2.63. The van der Waals surface area contributed by atoms with Gasteiger partial charge in [0.1, 0.15) is 17.3 Å². The highest BCUT2D eigenvalue weighted by Gasteiger charge is 2.23. The molecular weight excluding hydrogens is 398 g/mol. The van der Waals surface area contributed by atoms with Crippen molar-refractivity contribution >= 4 is 34.7 Å². The number of carbonyl (C=O) groups is 1. The molecular formula is C24H22ClN3O2. The van der Waals surface area contributed by atoms with Gasteiger partial charge in [-0.2, -0.15) is 0 Å². The van der Waals surface area contributed by atoms with Gasteiger partial charge in [0.05, 0.1) is 16.1 Å². The van der Waals surface area contributed by atoms with Crippen LogP contribution in [0, 0.1) is 0 Å². The molecule has 0 saturated carbocycles. The summed E-state index contributed by atoms with van der Waals surface area (Å²) in [5, 5.41) is 3.33. The Morgan fingerprint density at radius 2 is 1.77 bits per heavy atom. The van der Waals surface area contributed by atoms with Crippen LogP contribution in [0.2, 0.25) is 5.02 Å². The number of hydrogen-bond donors (Lipinski definition) is 1. The molecule has 0 spiro atoms. The van der Waals surface area contributed by atoms with Gasteiger partial charge >= 0.3 is 0 Å². The number of rotatable bonds is 3. The number of benzene rings is 3. The Hall–Kier alpha value is -3.31. The molecule has 0 atom stereocenters. The van der Waals surface area contributed by atoms with Crippen LogP contribution in [0.3, 0.4) is 0 Å². The molecule has 1 N–H and O–H groups in total. The zero-order valence-corrected chi connectivity index (χ0v) is 17.8. The maximum Gasteiger partial charge on any atom is 0.257 e. The molecule has 0 aromatic heterocycles. The summed E-state index contributed by atoms with van der Waals surface area (Å²) in [6, 6.07) is 20.4. The third kappa shape index (κ3) is 3.89. The topological polar surface area (TPSA) is 53.9 Å². The van der Waals surface area contributed by atoms with Crippen LogP contribution in [0.15, 0.2) is 71.7 Å². The van der Waals surface area contributed by atoms with E-state index in [1.54, 1.807) is 24.3 Å². The van der Waals surface area contributed by atoms with Crippen LogP contribution in [0.1, 0.15) is 29.8 Å². The molecule has 5 nitrogen and oxygen atoms in total. The fourth-order valence-corrected chi connectivity index (χ4v) is 3.38. The molecule has 30 heavy (non-hydrogen) atoms. The molecule has 4 rings (SSSR count). The number of aliphatic imine (C=N–C) groups is 1. The van der Waals surface area contributed by atoms with Gasteiger partial charge in [-0.3, -0.25) is 4.79 Å². The maximum atomic E-state index is 12.7. The largest absolute Gasteiger partial charge is 0.454 e. The van der Waals surface area contributed by atoms with Gasteiger partial charge in [-0.15, -0.1) is 0 Å². The van der Waals surface area contributed by atoms with Crippen molar-refractivity contribution in [1.82, 2.24) is 4.90 Å². The molecule has 6 heteroatoms. The van der Waals surface area contributed by atoms with Gasteiger partial charge in [-0.05, 0) is 56.3 Å². The Labute approximate surface area is 181 Å². The molecule has 152 valence electrons. The van der Waals surface area contributed by atoms with Gasteiger partial charge in [0.15, 0.2) is 5.75 Å². The summed E-state index contributed by atoms with van der Waals surface area (Å²) < 4.78 is 6.15. The zero-order valence-electron chi connectivity index (χ0n) is 17.0. The first-order valence-corrected chi connectivity index (χ1v) is 10.1. The molecule has 0 saturated heterocycles. The van der Waals surface area contributed by atoms with E-state index < -0.39 is 0 Å². The van der Waals surface area contributed by atoms with Crippen LogP contribution in [0.25, 0.3) is 0 Å². The Balaban J connectivity index is 1.75. The lowest BCUT2D eigenvalue weighted by Gasteiger charge is -2.26. The van der Waals surface area contributed by atoms with Crippen LogP contribution < -0.4 is 10.1 Å². The number of halogens is 1. The first kappa shape index (κ1) is 20.0. The number of anilines is 1. The molecule has 3 aromatic carbocycles. The van der Waals surface area contributed by atoms with Crippen molar-refractivity contribution in [2.45, 2.75) is 19.9 Å². The summed E-state index contributed by atoms with van der Waals surface area (Å²) in [5.74, 6) is 1.88. The van der Waals surface area contributed by atoms with Crippen molar-refractivity contribution in [3.05, 3.63) is 82.9 Å². The Morgan fingerprint density at radius 1 is 1.03 bits per heavy atom. The van der Waals surface area contributed by atoms with E-state index in [0.717, 1.165) is 17.1 Å². The molecule has 0 unspecified atom stereocenters. The van der Waals surface area contributed by atoms with Gasteiger partial charge < -0.3 is 15.0 Å². The summed E-state index contributed by atoms with van der Waals surface area (Å²) in [6.45, 7) is 4.20.